The molecule has 0 aliphatic heterocycles. The second-order valence-electron chi connectivity index (χ2n) is 2.55. The van der Waals surface area contributed by atoms with E-state index in [1.807, 2.05) is 12.1 Å². The van der Waals surface area contributed by atoms with Crippen LogP contribution < -0.4 is 5.32 Å². The van der Waals surface area contributed by atoms with Gasteiger partial charge in [-0.1, -0.05) is 0 Å². The summed E-state index contributed by atoms with van der Waals surface area (Å²) < 4.78 is 0.894. The molecular formula is C9H7BrN4. The molecule has 0 fully saturated rings. The maximum absolute atomic E-state index is 4.15. The molecule has 0 atom stereocenters. The number of hydrogen-bond acceptors (Lipinski definition) is 4. The van der Waals surface area contributed by atoms with Gasteiger partial charge in [0, 0.05) is 18.6 Å². The largest absolute Gasteiger partial charge is 0.323 e. The number of anilines is 2. The average Bonchev–Trinajstić information content (AvgIpc) is 2.23. The highest BCUT2D eigenvalue weighted by Gasteiger charge is 2.00. The van der Waals surface area contributed by atoms with Crippen molar-refractivity contribution >= 4 is 27.6 Å². The fourth-order valence-corrected chi connectivity index (χ4v) is 1.32. The Labute approximate surface area is 89.6 Å². The van der Waals surface area contributed by atoms with Crippen molar-refractivity contribution in [1.82, 2.24) is 15.0 Å². The molecule has 2 aromatic heterocycles. The van der Waals surface area contributed by atoms with Crippen LogP contribution in [-0.4, -0.2) is 15.0 Å². The fourth-order valence-electron chi connectivity index (χ4n) is 0.963. The van der Waals surface area contributed by atoms with E-state index in [0.717, 1.165) is 10.3 Å². The zero-order chi connectivity index (χ0) is 9.80. The van der Waals surface area contributed by atoms with Crippen LogP contribution in [0.4, 0.5) is 11.6 Å². The van der Waals surface area contributed by atoms with Crippen LogP contribution in [0.1, 0.15) is 0 Å². The zero-order valence-corrected chi connectivity index (χ0v) is 8.77. The third-order valence-corrected chi connectivity index (χ3v) is 2.21. The predicted octanol–water partition coefficient (Wildman–Crippen LogP) is 2.38. The lowest BCUT2D eigenvalue weighted by Crippen LogP contribution is -1.96. The first-order chi connectivity index (χ1) is 6.86. The van der Waals surface area contributed by atoms with Gasteiger partial charge in [0.2, 0.25) is 0 Å². The molecule has 4 nitrogen and oxygen atoms in total. The first kappa shape index (κ1) is 9.08. The molecule has 0 aromatic carbocycles. The summed E-state index contributed by atoms with van der Waals surface area (Å²) >= 11 is 3.38. The van der Waals surface area contributed by atoms with Gasteiger partial charge in [-0.15, -0.1) is 0 Å². The monoisotopic (exact) mass is 250 g/mol. The number of halogens is 1. The molecule has 14 heavy (non-hydrogen) atoms. The molecule has 0 bridgehead atoms. The van der Waals surface area contributed by atoms with Crippen molar-refractivity contribution in [3.63, 3.8) is 0 Å². The van der Waals surface area contributed by atoms with Crippen LogP contribution >= 0.6 is 15.9 Å². The highest BCUT2D eigenvalue weighted by atomic mass is 79.9. The predicted molar refractivity (Wildman–Crippen MR) is 57.3 cm³/mol. The Morgan fingerprint density at radius 3 is 2.79 bits per heavy atom. The van der Waals surface area contributed by atoms with Gasteiger partial charge in [-0.05, 0) is 28.1 Å². The lowest BCUT2D eigenvalue weighted by Gasteiger charge is -2.04. The average molecular weight is 251 g/mol. The van der Waals surface area contributed by atoms with Crippen molar-refractivity contribution in [2.45, 2.75) is 0 Å². The highest BCUT2D eigenvalue weighted by molar-refractivity contribution is 9.10. The quantitative estimate of drug-likeness (QED) is 0.890. The van der Waals surface area contributed by atoms with Gasteiger partial charge in [0.1, 0.15) is 11.6 Å². The molecule has 2 heterocycles. The summed E-state index contributed by atoms with van der Waals surface area (Å²) in [6, 6.07) is 3.76. The van der Waals surface area contributed by atoms with E-state index in [0.29, 0.717) is 5.82 Å². The van der Waals surface area contributed by atoms with E-state index in [1.165, 1.54) is 0 Å². The molecule has 0 spiro atoms. The SMILES string of the molecule is Brc1cccnc1Nc1cnccn1. The molecule has 2 rings (SSSR count). The minimum atomic E-state index is 0.673. The van der Waals surface area contributed by atoms with Gasteiger partial charge >= 0.3 is 0 Å². The van der Waals surface area contributed by atoms with Crippen LogP contribution in [0.2, 0.25) is 0 Å². The Hall–Kier alpha value is -1.49. The number of aromatic nitrogens is 3. The van der Waals surface area contributed by atoms with Gasteiger partial charge in [0.25, 0.3) is 0 Å². The third-order valence-electron chi connectivity index (χ3n) is 1.57. The number of hydrogen-bond donors (Lipinski definition) is 1. The summed E-state index contributed by atoms with van der Waals surface area (Å²) in [4.78, 5) is 12.2. The summed E-state index contributed by atoms with van der Waals surface area (Å²) in [5.41, 5.74) is 0. The second kappa shape index (κ2) is 4.15. The topological polar surface area (TPSA) is 50.7 Å². The lowest BCUT2D eigenvalue weighted by atomic mass is 10.4. The third kappa shape index (κ3) is 2.05. The van der Waals surface area contributed by atoms with Crippen LogP contribution in [-0.2, 0) is 0 Å². The van der Waals surface area contributed by atoms with Crippen LogP contribution in [0.25, 0.3) is 0 Å². The van der Waals surface area contributed by atoms with E-state index >= 15 is 0 Å². The van der Waals surface area contributed by atoms with Crippen molar-refractivity contribution in [3.8, 4) is 0 Å². The van der Waals surface area contributed by atoms with E-state index in [-0.39, 0.29) is 0 Å². The fraction of sp³-hybridized carbons (Fsp3) is 0. The number of nitrogens with zero attached hydrogens (tertiary/aromatic N) is 3. The molecule has 0 aliphatic carbocycles. The van der Waals surface area contributed by atoms with Crippen LogP contribution in [0.15, 0.2) is 41.4 Å². The van der Waals surface area contributed by atoms with Gasteiger partial charge in [-0.3, -0.25) is 4.98 Å². The van der Waals surface area contributed by atoms with Crippen LogP contribution in [0.5, 0.6) is 0 Å². The van der Waals surface area contributed by atoms with Gasteiger partial charge in [0.05, 0.1) is 10.7 Å². The Morgan fingerprint density at radius 1 is 1.14 bits per heavy atom. The van der Waals surface area contributed by atoms with Gasteiger partial charge in [-0.25, -0.2) is 9.97 Å². The molecule has 70 valence electrons. The maximum Gasteiger partial charge on any atom is 0.150 e. The van der Waals surface area contributed by atoms with E-state index in [1.54, 1.807) is 24.8 Å². The van der Waals surface area contributed by atoms with E-state index in [9.17, 15) is 0 Å². The summed E-state index contributed by atoms with van der Waals surface area (Å²) in [7, 11) is 0. The minimum absolute atomic E-state index is 0.673. The molecule has 0 radical (unpaired) electrons. The standard InChI is InChI=1S/C9H7BrN4/c10-7-2-1-3-13-9(7)14-8-6-11-4-5-12-8/h1-6H,(H,12,13,14). The van der Waals surface area contributed by atoms with E-state index < -0.39 is 0 Å². The number of nitrogens with one attached hydrogen (secondary N) is 1. The van der Waals surface area contributed by atoms with Gasteiger partial charge in [0.15, 0.2) is 0 Å². The Morgan fingerprint density at radius 2 is 2.07 bits per heavy atom. The Balaban J connectivity index is 2.24. The number of pyridine rings is 1. The van der Waals surface area contributed by atoms with Crippen molar-refractivity contribution in [3.05, 3.63) is 41.4 Å². The summed E-state index contributed by atoms with van der Waals surface area (Å²) in [6.07, 6.45) is 6.60. The van der Waals surface area contributed by atoms with Crippen molar-refractivity contribution < 1.29 is 0 Å². The van der Waals surface area contributed by atoms with Crippen molar-refractivity contribution in [2.75, 3.05) is 5.32 Å². The maximum atomic E-state index is 4.15. The molecule has 0 saturated carbocycles. The van der Waals surface area contributed by atoms with Gasteiger partial charge < -0.3 is 5.32 Å². The molecule has 5 heteroatoms. The summed E-state index contributed by atoms with van der Waals surface area (Å²) in [5.74, 6) is 1.40. The van der Waals surface area contributed by atoms with Gasteiger partial charge in [-0.2, -0.15) is 0 Å². The van der Waals surface area contributed by atoms with Crippen molar-refractivity contribution in [2.24, 2.45) is 0 Å². The lowest BCUT2D eigenvalue weighted by molar-refractivity contribution is 1.18. The van der Waals surface area contributed by atoms with Crippen molar-refractivity contribution in [1.29, 1.82) is 0 Å². The molecule has 0 amide bonds. The zero-order valence-electron chi connectivity index (χ0n) is 7.18. The molecular weight excluding hydrogens is 244 g/mol. The summed E-state index contributed by atoms with van der Waals surface area (Å²) in [6.45, 7) is 0. The molecule has 0 saturated heterocycles. The minimum Gasteiger partial charge on any atom is -0.323 e. The smallest absolute Gasteiger partial charge is 0.150 e. The Bertz CT molecular complexity index is 418. The molecule has 0 aliphatic rings. The molecule has 0 unspecified atom stereocenters. The van der Waals surface area contributed by atoms with E-state index in [4.69, 9.17) is 0 Å². The Kier molecular flexibility index (Phi) is 2.69. The molecule has 1 N–H and O–H groups in total. The van der Waals surface area contributed by atoms with Crippen LogP contribution in [0.3, 0.4) is 0 Å². The number of rotatable bonds is 2. The normalized spacial score (nSPS) is 9.79. The molecule has 2 aromatic rings. The van der Waals surface area contributed by atoms with E-state index in [2.05, 4.69) is 36.2 Å². The highest BCUT2D eigenvalue weighted by Crippen LogP contribution is 2.20. The summed E-state index contributed by atoms with van der Waals surface area (Å²) in [5, 5.41) is 3.04. The first-order valence-electron chi connectivity index (χ1n) is 4.00. The van der Waals surface area contributed by atoms with Crippen LogP contribution in [0, 0.1) is 0 Å². The first-order valence-corrected chi connectivity index (χ1v) is 4.79. The second-order valence-corrected chi connectivity index (χ2v) is 3.40.